The van der Waals surface area contributed by atoms with Crippen LogP contribution in [0.3, 0.4) is 0 Å². The van der Waals surface area contributed by atoms with Crippen molar-refractivity contribution in [3.8, 4) is 0 Å². The Morgan fingerprint density at radius 2 is 2.20 bits per heavy atom. The summed E-state index contributed by atoms with van der Waals surface area (Å²) in [6, 6.07) is 0. The first-order chi connectivity index (χ1) is 2.27. The standard InChI is InChI=1S/C2H2BrO.Hg/c3-1-2-4;/h1-2H;. The summed E-state index contributed by atoms with van der Waals surface area (Å²) in [5, 5.41) is 0. The number of aldehydes is 1. The molecular weight excluding hydrogens is 321 g/mol. The first kappa shape index (κ1) is 6.09. The fourth-order valence-electron chi connectivity index (χ4n) is 0. The maximum absolute atomic E-state index is 9.51. The van der Waals surface area contributed by atoms with Crippen molar-refractivity contribution in [2.75, 3.05) is 0 Å². The Bertz CT molecular complexity index is 36.6. The van der Waals surface area contributed by atoms with Crippen LogP contribution in [0.15, 0.2) is 0 Å². The van der Waals surface area contributed by atoms with Gasteiger partial charge in [0, 0.05) is 0 Å². The molecular formula is C2H2BrHgO. The fourth-order valence-corrected chi connectivity index (χ4v) is 0. The van der Waals surface area contributed by atoms with Crippen LogP contribution >= 0.6 is 15.9 Å². The number of hydrogen-bond acceptors (Lipinski definition) is 1. The van der Waals surface area contributed by atoms with Crippen molar-refractivity contribution in [3.63, 3.8) is 0 Å². The monoisotopic (exact) mass is 323 g/mol. The molecule has 1 nitrogen and oxygen atoms in total. The molecule has 0 aromatic rings. The Morgan fingerprint density at radius 1 is 2.00 bits per heavy atom. The van der Waals surface area contributed by atoms with Crippen LogP contribution in [0.5, 0.6) is 0 Å². The van der Waals surface area contributed by atoms with E-state index < -0.39 is 0 Å². The topological polar surface area (TPSA) is 17.1 Å². The van der Waals surface area contributed by atoms with Crippen LogP contribution in [0.25, 0.3) is 0 Å². The van der Waals surface area contributed by atoms with Crippen LogP contribution in [-0.2, 0) is 30.9 Å². The van der Waals surface area contributed by atoms with Gasteiger partial charge >= 0.3 is 55.5 Å². The summed E-state index contributed by atoms with van der Waals surface area (Å²) in [4.78, 5) is 9.51. The summed E-state index contributed by atoms with van der Waals surface area (Å²) < 4.78 is 0.211. The third kappa shape index (κ3) is 5.09. The van der Waals surface area contributed by atoms with E-state index in [1.165, 1.54) is 0 Å². The zero-order chi connectivity index (χ0) is 4.28. The SMILES string of the molecule is O=C[CH](Br)[Hg]. The van der Waals surface area contributed by atoms with Gasteiger partial charge in [-0.05, 0) is 0 Å². The van der Waals surface area contributed by atoms with Crippen molar-refractivity contribution in [2.24, 2.45) is 0 Å². The van der Waals surface area contributed by atoms with Crippen molar-refractivity contribution in [2.45, 2.75) is 2.34 Å². The van der Waals surface area contributed by atoms with Gasteiger partial charge in [0.25, 0.3) is 0 Å². The molecule has 0 aliphatic carbocycles. The first-order valence-corrected chi connectivity index (χ1v) is 5.29. The predicted molar refractivity (Wildman–Crippen MR) is 18.8 cm³/mol. The molecule has 0 saturated heterocycles. The molecule has 1 unspecified atom stereocenters. The molecule has 0 aromatic carbocycles. The van der Waals surface area contributed by atoms with Crippen molar-refractivity contribution in [3.05, 3.63) is 0 Å². The third-order valence-corrected chi connectivity index (χ3v) is 1.11. The summed E-state index contributed by atoms with van der Waals surface area (Å²) in [5.41, 5.74) is 0. The average molecular weight is 323 g/mol. The van der Waals surface area contributed by atoms with Crippen LogP contribution in [0, 0.1) is 0 Å². The van der Waals surface area contributed by atoms with Crippen LogP contribution in [0.2, 0.25) is 0 Å². The van der Waals surface area contributed by atoms with Gasteiger partial charge in [0.1, 0.15) is 0 Å². The molecule has 0 rings (SSSR count). The summed E-state index contributed by atoms with van der Waals surface area (Å²) in [7, 11) is 0. The second-order valence-corrected chi connectivity index (χ2v) is 9.89. The van der Waals surface area contributed by atoms with Crippen LogP contribution < -0.4 is 0 Å². The minimum absolute atomic E-state index is 0.211. The molecule has 0 aliphatic rings. The zero-order valence-corrected chi connectivity index (χ0v) is 9.73. The molecule has 1 atom stereocenters. The zero-order valence-electron chi connectivity index (χ0n) is 2.65. The van der Waals surface area contributed by atoms with Crippen molar-refractivity contribution < 1.29 is 30.9 Å². The summed E-state index contributed by atoms with van der Waals surface area (Å²) in [5.74, 6) is 0. The maximum atomic E-state index is 9.51. The number of halogens is 1. The van der Waals surface area contributed by atoms with Gasteiger partial charge in [-0.15, -0.1) is 0 Å². The van der Waals surface area contributed by atoms with E-state index in [1.807, 2.05) is 0 Å². The van der Waals surface area contributed by atoms with Gasteiger partial charge in [-0.2, -0.15) is 0 Å². The Hall–Kier alpha value is 1.09. The molecule has 0 bridgehead atoms. The third-order valence-electron chi connectivity index (χ3n) is 0.148. The van der Waals surface area contributed by atoms with E-state index in [0.29, 0.717) is 26.1 Å². The van der Waals surface area contributed by atoms with Crippen LogP contribution in [0.4, 0.5) is 0 Å². The predicted octanol–water partition coefficient (Wildman–Crippen LogP) is 0.453. The molecule has 0 spiro atoms. The molecule has 0 heterocycles. The van der Waals surface area contributed by atoms with E-state index in [4.69, 9.17) is 0 Å². The van der Waals surface area contributed by atoms with E-state index in [1.54, 1.807) is 0 Å². The van der Waals surface area contributed by atoms with E-state index >= 15 is 0 Å². The quantitative estimate of drug-likeness (QED) is 0.389. The first-order valence-electron chi connectivity index (χ1n) is 1.20. The molecule has 0 amide bonds. The molecule has 0 fully saturated rings. The second-order valence-electron chi connectivity index (χ2n) is 0.652. The van der Waals surface area contributed by atoms with Gasteiger partial charge in [-0.25, -0.2) is 0 Å². The number of carbonyl (C=O) groups excluding carboxylic acids is 1. The van der Waals surface area contributed by atoms with Crippen LogP contribution in [0.1, 0.15) is 0 Å². The number of alkyl halides is 1. The molecule has 0 N–H and O–H groups in total. The molecule has 5 heavy (non-hydrogen) atoms. The van der Waals surface area contributed by atoms with E-state index in [0.717, 1.165) is 6.29 Å². The Balaban J connectivity index is 2.83. The molecule has 0 radical (unpaired) electrons. The fraction of sp³-hybridized carbons (Fsp3) is 0.500. The number of hydrogen-bond donors (Lipinski definition) is 0. The summed E-state index contributed by atoms with van der Waals surface area (Å²) in [6.07, 6.45) is 0.920. The summed E-state index contributed by atoms with van der Waals surface area (Å²) in [6.45, 7) is 0. The summed E-state index contributed by atoms with van der Waals surface area (Å²) >= 11 is 3.67. The van der Waals surface area contributed by atoms with Crippen LogP contribution in [-0.4, -0.2) is 8.62 Å². The van der Waals surface area contributed by atoms with E-state index in [2.05, 4.69) is 15.9 Å². The Kier molecular flexibility index (Phi) is 3.99. The van der Waals surface area contributed by atoms with Gasteiger partial charge in [0.15, 0.2) is 0 Å². The molecule has 0 saturated carbocycles. The van der Waals surface area contributed by atoms with Gasteiger partial charge < -0.3 is 0 Å². The van der Waals surface area contributed by atoms with Gasteiger partial charge in [-0.3, -0.25) is 0 Å². The Labute approximate surface area is 55.2 Å². The molecule has 0 aliphatic heterocycles. The minimum atomic E-state index is 0.211. The van der Waals surface area contributed by atoms with Crippen molar-refractivity contribution in [1.82, 2.24) is 0 Å². The van der Waals surface area contributed by atoms with Gasteiger partial charge in [-0.1, -0.05) is 0 Å². The molecule has 25 valence electrons. The average Bonchev–Trinajstić information content (AvgIpc) is 1.38. The Morgan fingerprint density at radius 3 is 2.20 bits per heavy atom. The molecule has 0 aromatic heterocycles. The second kappa shape index (κ2) is 3.28. The van der Waals surface area contributed by atoms with E-state index in [-0.39, 0.29) is 2.34 Å². The normalized spacial score (nSPS) is 14.2. The van der Waals surface area contributed by atoms with Crippen molar-refractivity contribution in [1.29, 1.82) is 0 Å². The van der Waals surface area contributed by atoms with Gasteiger partial charge in [0.2, 0.25) is 0 Å². The van der Waals surface area contributed by atoms with E-state index in [9.17, 15) is 4.79 Å². The van der Waals surface area contributed by atoms with Gasteiger partial charge in [0.05, 0.1) is 0 Å². The molecule has 3 heteroatoms. The number of rotatable bonds is 1. The number of carbonyl (C=O) groups is 1. The van der Waals surface area contributed by atoms with Crippen molar-refractivity contribution >= 4 is 22.2 Å².